The van der Waals surface area contributed by atoms with Crippen LogP contribution in [0.25, 0.3) is 0 Å². The summed E-state index contributed by atoms with van der Waals surface area (Å²) in [6, 6.07) is 4.25. The lowest BCUT2D eigenvalue weighted by molar-refractivity contribution is 0.628. The summed E-state index contributed by atoms with van der Waals surface area (Å²) < 4.78 is 12.8. The van der Waals surface area contributed by atoms with E-state index in [0.717, 1.165) is 0 Å². The van der Waals surface area contributed by atoms with Gasteiger partial charge in [-0.25, -0.2) is 9.38 Å². The zero-order chi connectivity index (χ0) is 10.7. The molecule has 0 N–H and O–H groups in total. The van der Waals surface area contributed by atoms with Crippen molar-refractivity contribution in [2.24, 2.45) is 10.9 Å². The molecular formula is C10H10Cl2FN. The van der Waals surface area contributed by atoms with Gasteiger partial charge < -0.3 is 0 Å². The Hall–Kier alpha value is -0.600. The molecule has 0 unspecified atom stereocenters. The molecule has 1 aromatic rings. The molecule has 0 radical (unpaired) electrons. The molecule has 0 heterocycles. The zero-order valence-electron chi connectivity index (χ0n) is 7.89. The van der Waals surface area contributed by atoms with E-state index < -0.39 is 5.82 Å². The lowest BCUT2D eigenvalue weighted by Crippen LogP contribution is -1.97. The Balaban J connectivity index is 2.98. The number of hydrogen-bond donors (Lipinski definition) is 0. The van der Waals surface area contributed by atoms with Crippen LogP contribution in [0.15, 0.2) is 23.2 Å². The topological polar surface area (TPSA) is 12.4 Å². The number of hydrogen-bond acceptors (Lipinski definition) is 1. The molecule has 4 heteroatoms. The molecule has 0 atom stereocenters. The summed E-state index contributed by atoms with van der Waals surface area (Å²) in [6.07, 6.45) is 0. The molecule has 0 aliphatic heterocycles. The van der Waals surface area contributed by atoms with Crippen LogP contribution in [0, 0.1) is 11.7 Å². The van der Waals surface area contributed by atoms with Crippen LogP contribution in [-0.2, 0) is 0 Å². The Bertz CT molecular complexity index is 361. The van der Waals surface area contributed by atoms with Crippen LogP contribution < -0.4 is 0 Å². The average Bonchev–Trinajstić information content (AvgIpc) is 2.11. The first kappa shape index (κ1) is 11.5. The monoisotopic (exact) mass is 233 g/mol. The second-order valence-corrected chi connectivity index (χ2v) is 3.98. The fourth-order valence-electron chi connectivity index (χ4n) is 0.807. The summed E-state index contributed by atoms with van der Waals surface area (Å²) in [6.45, 7) is 3.86. The van der Waals surface area contributed by atoms with Crippen molar-refractivity contribution in [3.8, 4) is 0 Å². The molecule has 0 aliphatic rings. The van der Waals surface area contributed by atoms with E-state index in [1.807, 2.05) is 13.8 Å². The van der Waals surface area contributed by atoms with E-state index >= 15 is 0 Å². The molecule has 1 rings (SSSR count). The van der Waals surface area contributed by atoms with Crippen molar-refractivity contribution in [1.82, 2.24) is 0 Å². The molecule has 0 amide bonds. The minimum absolute atomic E-state index is 0.0551. The predicted octanol–water partition coefficient (Wildman–Crippen LogP) is 4.40. The van der Waals surface area contributed by atoms with E-state index in [-0.39, 0.29) is 10.9 Å². The molecule has 1 nitrogen and oxygen atoms in total. The maximum Gasteiger partial charge on any atom is 0.141 e. The van der Waals surface area contributed by atoms with Crippen molar-refractivity contribution in [2.75, 3.05) is 0 Å². The van der Waals surface area contributed by atoms with Gasteiger partial charge in [0.05, 0.1) is 10.7 Å². The van der Waals surface area contributed by atoms with Gasteiger partial charge in [-0.1, -0.05) is 37.0 Å². The predicted molar refractivity (Wildman–Crippen MR) is 59.2 cm³/mol. The summed E-state index contributed by atoms with van der Waals surface area (Å²) in [7, 11) is 0. The van der Waals surface area contributed by atoms with Crippen molar-refractivity contribution in [3.63, 3.8) is 0 Å². The number of nitrogens with zero attached hydrogens (tertiary/aromatic N) is 1. The first-order chi connectivity index (χ1) is 6.50. The Morgan fingerprint density at radius 1 is 1.43 bits per heavy atom. The molecule has 0 saturated carbocycles. The van der Waals surface area contributed by atoms with Crippen molar-refractivity contribution in [2.45, 2.75) is 13.8 Å². The van der Waals surface area contributed by atoms with Crippen LogP contribution in [0.3, 0.4) is 0 Å². The first-order valence-electron chi connectivity index (χ1n) is 4.20. The number of rotatable bonds is 2. The number of benzene rings is 1. The van der Waals surface area contributed by atoms with Crippen molar-refractivity contribution >= 4 is 34.1 Å². The minimum atomic E-state index is -0.453. The average molecular weight is 234 g/mol. The van der Waals surface area contributed by atoms with Gasteiger partial charge in [-0.3, -0.25) is 0 Å². The summed E-state index contributed by atoms with van der Waals surface area (Å²) in [5.74, 6) is -0.299. The number of halogens is 3. The molecule has 0 spiro atoms. The van der Waals surface area contributed by atoms with E-state index in [1.165, 1.54) is 18.2 Å². The van der Waals surface area contributed by atoms with E-state index in [2.05, 4.69) is 4.99 Å². The second-order valence-electron chi connectivity index (χ2n) is 3.19. The lowest BCUT2D eigenvalue weighted by atomic mass is 10.2. The van der Waals surface area contributed by atoms with Crippen molar-refractivity contribution in [1.29, 1.82) is 0 Å². The SMILES string of the molecule is CC(C)C(Cl)=Nc1ccc(F)c(Cl)c1. The fraction of sp³-hybridized carbons (Fsp3) is 0.300. The molecule has 76 valence electrons. The summed E-state index contributed by atoms with van der Waals surface area (Å²) in [5, 5.41) is 0.534. The van der Waals surface area contributed by atoms with Gasteiger partial charge >= 0.3 is 0 Å². The Morgan fingerprint density at radius 2 is 2.07 bits per heavy atom. The van der Waals surface area contributed by atoms with Gasteiger partial charge in [-0.2, -0.15) is 0 Å². The van der Waals surface area contributed by atoms with Crippen LogP contribution in [0.2, 0.25) is 5.02 Å². The largest absolute Gasteiger partial charge is 0.241 e. The highest BCUT2D eigenvalue weighted by atomic mass is 35.5. The molecule has 0 saturated heterocycles. The normalized spacial score (nSPS) is 12.3. The third-order valence-corrected chi connectivity index (χ3v) is 2.43. The van der Waals surface area contributed by atoms with Crippen LogP contribution in [0.5, 0.6) is 0 Å². The standard InChI is InChI=1S/C10H10Cl2FN/c1-6(2)10(12)14-7-3-4-9(13)8(11)5-7/h3-6H,1-2H3. The van der Waals surface area contributed by atoms with E-state index in [4.69, 9.17) is 23.2 Å². The van der Waals surface area contributed by atoms with Crippen LogP contribution >= 0.6 is 23.2 Å². The molecule has 0 fully saturated rings. The maximum absolute atomic E-state index is 12.8. The van der Waals surface area contributed by atoms with Gasteiger partial charge in [-0.15, -0.1) is 0 Å². The Morgan fingerprint density at radius 3 is 2.57 bits per heavy atom. The molecule has 14 heavy (non-hydrogen) atoms. The molecule has 1 aromatic carbocycles. The van der Waals surface area contributed by atoms with Crippen molar-refractivity contribution < 1.29 is 4.39 Å². The van der Waals surface area contributed by atoms with Gasteiger partial charge in [-0.05, 0) is 18.2 Å². The molecule has 0 aliphatic carbocycles. The second kappa shape index (κ2) is 4.76. The van der Waals surface area contributed by atoms with Crippen LogP contribution in [0.4, 0.5) is 10.1 Å². The van der Waals surface area contributed by atoms with Crippen molar-refractivity contribution in [3.05, 3.63) is 29.0 Å². The van der Waals surface area contributed by atoms with Gasteiger partial charge in [0.2, 0.25) is 0 Å². The van der Waals surface area contributed by atoms with Gasteiger partial charge in [0, 0.05) is 5.92 Å². The quantitative estimate of drug-likeness (QED) is 0.672. The molecule has 0 aromatic heterocycles. The summed E-state index contributed by atoms with van der Waals surface area (Å²) in [4.78, 5) is 4.09. The van der Waals surface area contributed by atoms with E-state index in [9.17, 15) is 4.39 Å². The van der Waals surface area contributed by atoms with E-state index in [0.29, 0.717) is 10.9 Å². The third kappa shape index (κ3) is 2.96. The molecular weight excluding hydrogens is 224 g/mol. The van der Waals surface area contributed by atoms with Gasteiger partial charge in [0.25, 0.3) is 0 Å². The van der Waals surface area contributed by atoms with Gasteiger partial charge in [0.1, 0.15) is 11.0 Å². The third-order valence-electron chi connectivity index (χ3n) is 1.62. The minimum Gasteiger partial charge on any atom is -0.241 e. The van der Waals surface area contributed by atoms with E-state index in [1.54, 1.807) is 0 Å². The molecule has 0 bridgehead atoms. The first-order valence-corrected chi connectivity index (χ1v) is 4.95. The van der Waals surface area contributed by atoms with Gasteiger partial charge in [0.15, 0.2) is 0 Å². The highest BCUT2D eigenvalue weighted by Crippen LogP contribution is 2.22. The Kier molecular flexibility index (Phi) is 3.90. The summed E-state index contributed by atoms with van der Waals surface area (Å²) in [5.41, 5.74) is 0.565. The maximum atomic E-state index is 12.8. The van der Waals surface area contributed by atoms with Crippen LogP contribution in [-0.4, -0.2) is 5.17 Å². The lowest BCUT2D eigenvalue weighted by Gasteiger charge is -2.02. The zero-order valence-corrected chi connectivity index (χ0v) is 9.40. The smallest absolute Gasteiger partial charge is 0.141 e. The summed E-state index contributed by atoms with van der Waals surface area (Å²) >= 11 is 11.4. The van der Waals surface area contributed by atoms with Crippen LogP contribution in [0.1, 0.15) is 13.8 Å². The highest BCUT2D eigenvalue weighted by Gasteiger charge is 2.03. The fourth-order valence-corrected chi connectivity index (χ4v) is 1.08. The Labute approximate surface area is 92.6 Å². The number of aliphatic imine (C=N–C) groups is 1. The highest BCUT2D eigenvalue weighted by molar-refractivity contribution is 6.66.